The zero-order valence-electron chi connectivity index (χ0n) is 16.0. The first kappa shape index (κ1) is 18.6. The Labute approximate surface area is 164 Å². The van der Waals surface area contributed by atoms with E-state index in [2.05, 4.69) is 37.4 Å². The van der Waals surface area contributed by atoms with E-state index in [9.17, 15) is 4.39 Å². The summed E-state index contributed by atoms with van der Waals surface area (Å²) in [6, 6.07) is 14.2. The van der Waals surface area contributed by atoms with Gasteiger partial charge in [0.05, 0.1) is 5.52 Å². The van der Waals surface area contributed by atoms with E-state index in [1.54, 1.807) is 12.1 Å². The molecular formula is C21H25FN6. The summed E-state index contributed by atoms with van der Waals surface area (Å²) in [4.78, 5) is 14.0. The lowest BCUT2D eigenvalue weighted by Crippen LogP contribution is -2.45. The minimum absolute atomic E-state index is 0.295. The van der Waals surface area contributed by atoms with Crippen molar-refractivity contribution in [3.8, 4) is 0 Å². The van der Waals surface area contributed by atoms with Crippen molar-refractivity contribution in [2.24, 2.45) is 0 Å². The lowest BCUT2D eigenvalue weighted by molar-refractivity contribution is 0.158. The topological polar surface area (TPSA) is 56.3 Å². The normalized spacial score (nSPS) is 15.6. The van der Waals surface area contributed by atoms with Gasteiger partial charge in [0, 0.05) is 50.3 Å². The van der Waals surface area contributed by atoms with Crippen LogP contribution in [0.1, 0.15) is 0 Å². The van der Waals surface area contributed by atoms with E-state index in [1.165, 1.54) is 12.1 Å². The number of aromatic nitrogens is 2. The van der Waals surface area contributed by atoms with E-state index in [1.807, 2.05) is 24.3 Å². The van der Waals surface area contributed by atoms with E-state index in [-0.39, 0.29) is 5.82 Å². The van der Waals surface area contributed by atoms with Crippen LogP contribution in [0.25, 0.3) is 10.9 Å². The van der Waals surface area contributed by atoms with Gasteiger partial charge in [-0.3, -0.25) is 4.90 Å². The van der Waals surface area contributed by atoms with Crippen LogP contribution in [-0.2, 0) is 0 Å². The van der Waals surface area contributed by atoms with Gasteiger partial charge in [0.25, 0.3) is 0 Å². The molecule has 4 rings (SSSR count). The Balaban J connectivity index is 1.49. The minimum Gasteiger partial charge on any atom is -0.368 e. The van der Waals surface area contributed by atoms with Crippen LogP contribution in [0, 0.1) is 5.82 Å². The van der Waals surface area contributed by atoms with Crippen molar-refractivity contribution in [2.45, 2.75) is 0 Å². The number of anilines is 3. The van der Waals surface area contributed by atoms with Gasteiger partial charge < -0.3 is 15.5 Å². The standard InChI is InChI=1S/C21H25FN6/c1-27-11-13-28(14-12-27)10-9-23-20-18-7-2-3-8-19(18)25-21(26-20)24-17-6-4-5-16(22)15-17/h2-8,15H,9-14H2,1H3,(H2,23,24,25,26). The van der Waals surface area contributed by atoms with Crippen LogP contribution in [0.2, 0.25) is 0 Å². The molecule has 0 radical (unpaired) electrons. The number of para-hydroxylation sites is 1. The molecule has 3 aromatic rings. The van der Waals surface area contributed by atoms with Gasteiger partial charge >= 0.3 is 0 Å². The van der Waals surface area contributed by atoms with Crippen molar-refractivity contribution in [3.05, 3.63) is 54.3 Å². The highest BCUT2D eigenvalue weighted by Gasteiger charge is 2.13. The first-order valence-electron chi connectivity index (χ1n) is 9.61. The third-order valence-corrected chi connectivity index (χ3v) is 5.00. The van der Waals surface area contributed by atoms with E-state index in [4.69, 9.17) is 0 Å². The quantitative estimate of drug-likeness (QED) is 0.685. The van der Waals surface area contributed by atoms with Gasteiger partial charge in [-0.1, -0.05) is 18.2 Å². The Bertz CT molecular complexity index is 939. The molecule has 7 heteroatoms. The zero-order chi connectivity index (χ0) is 19.3. The van der Waals surface area contributed by atoms with Gasteiger partial charge in [0.2, 0.25) is 5.95 Å². The SMILES string of the molecule is CN1CCN(CCNc2nc(Nc3cccc(F)c3)nc3ccccc23)CC1. The highest BCUT2D eigenvalue weighted by atomic mass is 19.1. The van der Waals surface area contributed by atoms with Crippen molar-refractivity contribution in [3.63, 3.8) is 0 Å². The number of fused-ring (bicyclic) bond motifs is 1. The molecular weight excluding hydrogens is 355 g/mol. The van der Waals surface area contributed by atoms with Crippen LogP contribution in [0.15, 0.2) is 48.5 Å². The number of rotatable bonds is 6. The largest absolute Gasteiger partial charge is 0.368 e. The Morgan fingerprint density at radius 1 is 1.00 bits per heavy atom. The third kappa shape index (κ3) is 4.55. The van der Waals surface area contributed by atoms with Crippen LogP contribution < -0.4 is 10.6 Å². The second kappa shape index (κ2) is 8.50. The van der Waals surface area contributed by atoms with Crippen molar-refractivity contribution in [2.75, 3.05) is 56.9 Å². The monoisotopic (exact) mass is 380 g/mol. The number of hydrogen-bond donors (Lipinski definition) is 2. The van der Waals surface area contributed by atoms with E-state index < -0.39 is 0 Å². The van der Waals surface area contributed by atoms with Gasteiger partial charge in [-0.05, 0) is 37.4 Å². The molecule has 0 atom stereocenters. The Morgan fingerprint density at radius 2 is 1.82 bits per heavy atom. The van der Waals surface area contributed by atoms with E-state index >= 15 is 0 Å². The molecule has 2 heterocycles. The molecule has 0 amide bonds. The first-order valence-corrected chi connectivity index (χ1v) is 9.61. The lowest BCUT2D eigenvalue weighted by Gasteiger charge is -2.32. The molecule has 146 valence electrons. The summed E-state index contributed by atoms with van der Waals surface area (Å²) in [5, 5.41) is 7.54. The molecule has 0 saturated carbocycles. The summed E-state index contributed by atoms with van der Waals surface area (Å²) in [5.74, 6) is 0.946. The van der Waals surface area contributed by atoms with Gasteiger partial charge in [-0.15, -0.1) is 0 Å². The van der Waals surface area contributed by atoms with Gasteiger partial charge in [0.15, 0.2) is 0 Å². The summed E-state index contributed by atoms with van der Waals surface area (Å²) in [5.41, 5.74) is 1.47. The second-order valence-corrected chi connectivity index (χ2v) is 7.12. The number of piperazine rings is 1. The first-order chi connectivity index (χ1) is 13.7. The molecule has 0 bridgehead atoms. The molecule has 6 nitrogen and oxygen atoms in total. The summed E-state index contributed by atoms with van der Waals surface area (Å²) < 4.78 is 13.5. The van der Waals surface area contributed by atoms with Gasteiger partial charge in [-0.25, -0.2) is 9.37 Å². The van der Waals surface area contributed by atoms with Crippen LogP contribution >= 0.6 is 0 Å². The summed E-state index contributed by atoms with van der Waals surface area (Å²) in [6.07, 6.45) is 0. The lowest BCUT2D eigenvalue weighted by atomic mass is 10.2. The smallest absolute Gasteiger partial charge is 0.229 e. The maximum atomic E-state index is 13.5. The molecule has 2 aromatic carbocycles. The van der Waals surface area contributed by atoms with Crippen molar-refractivity contribution < 1.29 is 4.39 Å². The number of likely N-dealkylation sites (N-methyl/N-ethyl adjacent to an activating group) is 1. The molecule has 0 unspecified atom stereocenters. The van der Waals surface area contributed by atoms with E-state index in [0.717, 1.165) is 56.0 Å². The summed E-state index contributed by atoms with van der Waals surface area (Å²) in [7, 11) is 2.16. The summed E-state index contributed by atoms with van der Waals surface area (Å²) >= 11 is 0. The Hall–Kier alpha value is -2.77. The third-order valence-electron chi connectivity index (χ3n) is 5.00. The van der Waals surface area contributed by atoms with Crippen molar-refractivity contribution >= 4 is 28.4 Å². The fourth-order valence-electron chi connectivity index (χ4n) is 3.37. The number of halogens is 1. The number of hydrogen-bond acceptors (Lipinski definition) is 6. The van der Waals surface area contributed by atoms with Gasteiger partial charge in [-0.2, -0.15) is 4.98 Å². The fourth-order valence-corrected chi connectivity index (χ4v) is 3.37. The molecule has 0 aliphatic carbocycles. The van der Waals surface area contributed by atoms with Crippen molar-refractivity contribution in [1.29, 1.82) is 0 Å². The number of nitrogens with zero attached hydrogens (tertiary/aromatic N) is 4. The molecule has 28 heavy (non-hydrogen) atoms. The predicted octanol–water partition coefficient (Wildman–Crippen LogP) is 3.17. The maximum Gasteiger partial charge on any atom is 0.229 e. The Morgan fingerprint density at radius 3 is 2.64 bits per heavy atom. The fraction of sp³-hybridized carbons (Fsp3) is 0.333. The molecule has 0 spiro atoms. The minimum atomic E-state index is -0.295. The van der Waals surface area contributed by atoms with Crippen LogP contribution in [-0.4, -0.2) is 66.1 Å². The number of benzene rings is 2. The average molecular weight is 380 g/mol. The van der Waals surface area contributed by atoms with Crippen LogP contribution in [0.3, 0.4) is 0 Å². The Kier molecular flexibility index (Phi) is 5.64. The number of nitrogens with one attached hydrogen (secondary N) is 2. The average Bonchev–Trinajstić information content (AvgIpc) is 2.69. The van der Waals surface area contributed by atoms with Crippen LogP contribution in [0.5, 0.6) is 0 Å². The highest BCUT2D eigenvalue weighted by molar-refractivity contribution is 5.90. The molecule has 1 aliphatic heterocycles. The zero-order valence-corrected chi connectivity index (χ0v) is 16.0. The maximum absolute atomic E-state index is 13.5. The predicted molar refractivity (Wildman–Crippen MR) is 112 cm³/mol. The van der Waals surface area contributed by atoms with E-state index in [0.29, 0.717) is 11.6 Å². The van der Waals surface area contributed by atoms with Crippen molar-refractivity contribution in [1.82, 2.24) is 19.8 Å². The highest BCUT2D eigenvalue weighted by Crippen LogP contribution is 2.23. The van der Waals surface area contributed by atoms with Crippen LogP contribution in [0.4, 0.5) is 21.8 Å². The summed E-state index contributed by atoms with van der Waals surface area (Å²) in [6.45, 7) is 6.18. The second-order valence-electron chi connectivity index (χ2n) is 7.12. The molecule has 1 fully saturated rings. The molecule has 1 aliphatic rings. The molecule has 1 saturated heterocycles. The van der Waals surface area contributed by atoms with Gasteiger partial charge in [0.1, 0.15) is 11.6 Å². The molecule has 1 aromatic heterocycles. The molecule has 2 N–H and O–H groups in total.